The summed E-state index contributed by atoms with van der Waals surface area (Å²) in [6, 6.07) is 5.41. The van der Waals surface area contributed by atoms with E-state index in [9.17, 15) is 14.4 Å². The largest absolute Gasteiger partial charge is 0.457 e. The minimum absolute atomic E-state index is 0.00624. The van der Waals surface area contributed by atoms with Crippen LogP contribution in [0.2, 0.25) is 0 Å². The molecular weight excluding hydrogens is 430 g/mol. The standard InChI is InChI=1S/C28H29NO5/c1-16-18-9-10-19-27-13-6-12-26(2,3)22(27)21(33-15-27)24(32)28(19,23(16)31)25(18)34-20(30)11-8-17-7-4-5-14-29-17/h4-8,11,13-14,18-19,21-22,25H,1,9-10,12,15H2,2-3H3/b11-8+/t18-,19-,21+,22+,25+,27+,28+/m0/s1. The molecule has 1 aromatic rings. The number of fused-ring (bicyclic) bond motifs is 1. The fourth-order valence-corrected chi connectivity index (χ4v) is 8.00. The van der Waals surface area contributed by atoms with Crippen molar-refractivity contribution < 1.29 is 23.9 Å². The molecule has 34 heavy (non-hydrogen) atoms. The lowest BCUT2D eigenvalue weighted by Gasteiger charge is -2.59. The van der Waals surface area contributed by atoms with Crippen LogP contribution in [0.25, 0.3) is 6.08 Å². The number of rotatable bonds is 3. The number of Topliss-reactive ketones (excluding diaryl/α,β-unsaturated/α-hetero) is 2. The summed E-state index contributed by atoms with van der Waals surface area (Å²) < 4.78 is 12.2. The van der Waals surface area contributed by atoms with Crippen molar-refractivity contribution in [3.63, 3.8) is 0 Å². The second-order valence-electron chi connectivity index (χ2n) is 11.2. The SMILES string of the molecule is C=C1C(=O)[C@@]23C(=O)[C@@H]4OC[C@]5(C=CCC(C)(C)[C@@H]45)[C@@H]2CC[C@@H]1[C@H]3OC(=O)/C=C/c1ccccn1. The van der Waals surface area contributed by atoms with E-state index in [0.29, 0.717) is 30.7 Å². The summed E-state index contributed by atoms with van der Waals surface area (Å²) in [6.07, 6.45) is 9.66. The van der Waals surface area contributed by atoms with Crippen molar-refractivity contribution in [2.75, 3.05) is 6.61 Å². The third kappa shape index (κ3) is 2.55. The van der Waals surface area contributed by atoms with E-state index < -0.39 is 29.0 Å². The average molecular weight is 460 g/mol. The zero-order chi connectivity index (χ0) is 23.9. The van der Waals surface area contributed by atoms with Crippen LogP contribution in [0.5, 0.6) is 0 Å². The van der Waals surface area contributed by atoms with E-state index in [2.05, 4.69) is 37.6 Å². The molecule has 1 spiro atoms. The van der Waals surface area contributed by atoms with Gasteiger partial charge in [-0.15, -0.1) is 0 Å². The van der Waals surface area contributed by atoms with Gasteiger partial charge in [0.25, 0.3) is 0 Å². The van der Waals surface area contributed by atoms with Crippen LogP contribution in [0.3, 0.4) is 0 Å². The molecule has 1 saturated heterocycles. The summed E-state index contributed by atoms with van der Waals surface area (Å²) in [5, 5.41) is 0. The van der Waals surface area contributed by atoms with Crippen molar-refractivity contribution >= 4 is 23.6 Å². The van der Waals surface area contributed by atoms with E-state index in [1.807, 2.05) is 6.07 Å². The molecule has 0 aromatic carbocycles. The van der Waals surface area contributed by atoms with Gasteiger partial charge in [-0.3, -0.25) is 14.6 Å². The molecule has 2 heterocycles. The average Bonchev–Trinajstić information content (AvgIpc) is 3.24. The number of carbonyl (C=O) groups excluding carboxylic acids is 3. The van der Waals surface area contributed by atoms with E-state index in [1.165, 1.54) is 6.08 Å². The topological polar surface area (TPSA) is 82.6 Å². The lowest BCUT2D eigenvalue weighted by Crippen LogP contribution is -2.68. The van der Waals surface area contributed by atoms with Crippen LogP contribution in [-0.2, 0) is 23.9 Å². The third-order valence-corrected chi connectivity index (χ3v) is 9.19. The number of ketones is 2. The number of aromatic nitrogens is 1. The van der Waals surface area contributed by atoms with Crippen molar-refractivity contribution in [1.82, 2.24) is 4.98 Å². The molecule has 0 unspecified atom stereocenters. The maximum absolute atomic E-state index is 14.2. The number of pyridine rings is 1. The first-order chi connectivity index (χ1) is 16.2. The summed E-state index contributed by atoms with van der Waals surface area (Å²) in [4.78, 5) is 45.2. The molecule has 4 bridgehead atoms. The maximum Gasteiger partial charge on any atom is 0.331 e. The molecule has 176 valence electrons. The van der Waals surface area contributed by atoms with Gasteiger partial charge in [0.1, 0.15) is 17.6 Å². The fourth-order valence-electron chi connectivity index (χ4n) is 8.00. The van der Waals surface area contributed by atoms with Crippen LogP contribution in [-0.4, -0.2) is 41.3 Å². The smallest absolute Gasteiger partial charge is 0.331 e. The highest BCUT2D eigenvalue weighted by Gasteiger charge is 2.80. The molecule has 3 saturated carbocycles. The predicted octanol–water partition coefficient (Wildman–Crippen LogP) is 3.73. The van der Waals surface area contributed by atoms with E-state index in [1.54, 1.807) is 24.4 Å². The molecule has 4 aliphatic carbocycles. The Bertz CT molecular complexity index is 1170. The van der Waals surface area contributed by atoms with Gasteiger partial charge in [-0.2, -0.15) is 0 Å². The molecule has 4 fully saturated rings. The number of allylic oxidation sites excluding steroid dienone is 1. The Balaban J connectivity index is 1.42. The summed E-state index contributed by atoms with van der Waals surface area (Å²) in [5.41, 5.74) is -0.917. The molecule has 6 heteroatoms. The second kappa shape index (κ2) is 7.08. The van der Waals surface area contributed by atoms with Gasteiger partial charge in [0.05, 0.1) is 12.3 Å². The molecule has 6 nitrogen and oxygen atoms in total. The molecule has 1 aromatic heterocycles. The zero-order valence-electron chi connectivity index (χ0n) is 19.5. The quantitative estimate of drug-likeness (QED) is 0.297. The summed E-state index contributed by atoms with van der Waals surface area (Å²) in [5.74, 6) is -1.64. The first-order valence-electron chi connectivity index (χ1n) is 12.1. The number of hydrogen-bond donors (Lipinski definition) is 0. The van der Waals surface area contributed by atoms with Gasteiger partial charge in [-0.05, 0) is 54.4 Å². The molecule has 1 aliphatic heterocycles. The minimum Gasteiger partial charge on any atom is -0.457 e. The highest BCUT2D eigenvalue weighted by Crippen LogP contribution is 2.71. The van der Waals surface area contributed by atoms with Crippen molar-refractivity contribution in [1.29, 1.82) is 0 Å². The Morgan fingerprint density at radius 2 is 2.09 bits per heavy atom. The molecule has 7 atom stereocenters. The van der Waals surface area contributed by atoms with Crippen LogP contribution in [0.4, 0.5) is 0 Å². The van der Waals surface area contributed by atoms with Crippen LogP contribution in [0, 0.1) is 34.0 Å². The zero-order valence-corrected chi connectivity index (χ0v) is 19.5. The van der Waals surface area contributed by atoms with E-state index in [0.717, 1.165) is 6.42 Å². The van der Waals surface area contributed by atoms with Gasteiger partial charge in [0.2, 0.25) is 0 Å². The van der Waals surface area contributed by atoms with E-state index in [4.69, 9.17) is 9.47 Å². The third-order valence-electron chi connectivity index (χ3n) is 9.19. The number of ether oxygens (including phenoxy) is 2. The molecular formula is C28H29NO5. The first-order valence-corrected chi connectivity index (χ1v) is 12.1. The first kappa shape index (κ1) is 21.7. The van der Waals surface area contributed by atoms with E-state index >= 15 is 0 Å². The summed E-state index contributed by atoms with van der Waals surface area (Å²) in [6.45, 7) is 8.86. The van der Waals surface area contributed by atoms with Crippen molar-refractivity contribution in [2.45, 2.75) is 45.3 Å². The summed E-state index contributed by atoms with van der Waals surface area (Å²) >= 11 is 0. The lowest BCUT2D eigenvalue weighted by atomic mass is 9.41. The Hall–Kier alpha value is -2.86. The minimum atomic E-state index is -1.41. The Morgan fingerprint density at radius 3 is 2.85 bits per heavy atom. The molecule has 5 aliphatic rings. The van der Waals surface area contributed by atoms with Crippen LogP contribution in [0.15, 0.2) is 54.8 Å². The van der Waals surface area contributed by atoms with Crippen molar-refractivity contribution in [3.05, 3.63) is 60.5 Å². The lowest BCUT2D eigenvalue weighted by molar-refractivity contribution is -0.187. The highest BCUT2D eigenvalue weighted by molar-refractivity contribution is 6.20. The van der Waals surface area contributed by atoms with Crippen molar-refractivity contribution in [3.8, 4) is 0 Å². The molecule has 0 radical (unpaired) electrons. The second-order valence-corrected chi connectivity index (χ2v) is 11.2. The summed E-state index contributed by atoms with van der Waals surface area (Å²) in [7, 11) is 0. The Kier molecular flexibility index (Phi) is 4.51. The van der Waals surface area contributed by atoms with Crippen LogP contribution >= 0.6 is 0 Å². The van der Waals surface area contributed by atoms with Crippen LogP contribution in [0.1, 0.15) is 38.8 Å². The van der Waals surface area contributed by atoms with Gasteiger partial charge < -0.3 is 9.47 Å². The van der Waals surface area contributed by atoms with Crippen LogP contribution < -0.4 is 0 Å². The number of nitrogens with zero attached hydrogens (tertiary/aromatic N) is 1. The maximum atomic E-state index is 14.2. The molecule has 6 rings (SSSR count). The van der Waals surface area contributed by atoms with Gasteiger partial charge in [0.15, 0.2) is 11.6 Å². The highest BCUT2D eigenvalue weighted by atomic mass is 16.5. The van der Waals surface area contributed by atoms with Gasteiger partial charge in [0, 0.05) is 29.5 Å². The fraction of sp³-hybridized carbons (Fsp3) is 0.500. The predicted molar refractivity (Wildman–Crippen MR) is 124 cm³/mol. The number of esters is 1. The number of hydrogen-bond acceptors (Lipinski definition) is 6. The number of carbonyl (C=O) groups is 3. The Labute approximate surface area is 199 Å². The molecule has 0 amide bonds. The van der Waals surface area contributed by atoms with Gasteiger partial charge in [-0.25, -0.2) is 4.79 Å². The van der Waals surface area contributed by atoms with Gasteiger partial charge in [-0.1, -0.05) is 38.6 Å². The van der Waals surface area contributed by atoms with E-state index in [-0.39, 0.29) is 34.7 Å². The normalized spacial score (nSPS) is 41.5. The Morgan fingerprint density at radius 1 is 1.26 bits per heavy atom. The van der Waals surface area contributed by atoms with Crippen molar-refractivity contribution in [2.24, 2.45) is 34.0 Å². The monoisotopic (exact) mass is 459 g/mol. The molecule has 0 N–H and O–H groups in total. The van der Waals surface area contributed by atoms with Gasteiger partial charge >= 0.3 is 5.97 Å².